The highest BCUT2D eigenvalue weighted by atomic mass is 16.5. The van der Waals surface area contributed by atoms with E-state index in [9.17, 15) is 0 Å². The van der Waals surface area contributed by atoms with Crippen molar-refractivity contribution >= 4 is 5.95 Å². The minimum atomic E-state index is 0.670. The van der Waals surface area contributed by atoms with Crippen LogP contribution < -0.4 is 20.1 Å². The topological polar surface area (TPSA) is 68.3 Å². The Kier molecular flexibility index (Phi) is 7.69. The maximum atomic E-state index is 5.72. The summed E-state index contributed by atoms with van der Waals surface area (Å²) in [5.41, 5.74) is 0. The smallest absolute Gasteiger partial charge is 0.222 e. The largest absolute Gasteiger partial charge is 0.493 e. The summed E-state index contributed by atoms with van der Waals surface area (Å²) < 4.78 is 11.0. The lowest BCUT2D eigenvalue weighted by molar-refractivity contribution is 0.287. The molecule has 0 aliphatic heterocycles. The monoisotopic (exact) mass is 316 g/mol. The molecule has 2 rings (SSSR count). The average Bonchev–Trinajstić information content (AvgIpc) is 2.61. The Bertz CT molecular complexity index is 551. The van der Waals surface area contributed by atoms with Gasteiger partial charge in [-0.15, -0.1) is 0 Å². The Labute approximate surface area is 137 Å². The van der Waals surface area contributed by atoms with Crippen molar-refractivity contribution in [3.05, 3.63) is 42.7 Å². The van der Waals surface area contributed by atoms with Gasteiger partial charge in [0.05, 0.1) is 13.7 Å². The second-order valence-corrected chi connectivity index (χ2v) is 4.96. The van der Waals surface area contributed by atoms with Crippen LogP contribution in [0.4, 0.5) is 5.95 Å². The van der Waals surface area contributed by atoms with Gasteiger partial charge in [-0.1, -0.05) is 12.1 Å². The van der Waals surface area contributed by atoms with Crippen molar-refractivity contribution in [3.63, 3.8) is 0 Å². The van der Waals surface area contributed by atoms with Crippen molar-refractivity contribution in [2.75, 3.05) is 38.7 Å². The molecule has 0 spiro atoms. The molecule has 0 unspecified atom stereocenters. The Morgan fingerprint density at radius 2 is 1.65 bits per heavy atom. The van der Waals surface area contributed by atoms with Crippen LogP contribution in [0.1, 0.15) is 12.8 Å². The lowest BCUT2D eigenvalue weighted by Gasteiger charge is -2.10. The third-order valence-electron chi connectivity index (χ3n) is 3.20. The van der Waals surface area contributed by atoms with Crippen molar-refractivity contribution < 1.29 is 9.47 Å². The zero-order chi connectivity index (χ0) is 16.2. The number of methoxy groups -OCH3 is 1. The number of anilines is 1. The summed E-state index contributed by atoms with van der Waals surface area (Å²) >= 11 is 0. The van der Waals surface area contributed by atoms with Crippen LogP contribution >= 0.6 is 0 Å². The van der Waals surface area contributed by atoms with E-state index in [0.717, 1.165) is 44.0 Å². The molecule has 1 aromatic heterocycles. The maximum absolute atomic E-state index is 5.72. The molecule has 23 heavy (non-hydrogen) atoms. The van der Waals surface area contributed by atoms with E-state index >= 15 is 0 Å². The van der Waals surface area contributed by atoms with Crippen LogP contribution in [0.25, 0.3) is 0 Å². The van der Waals surface area contributed by atoms with E-state index in [-0.39, 0.29) is 0 Å². The summed E-state index contributed by atoms with van der Waals surface area (Å²) in [6.45, 7) is 3.41. The third-order valence-corrected chi connectivity index (χ3v) is 3.20. The van der Waals surface area contributed by atoms with Crippen LogP contribution in [0.2, 0.25) is 0 Å². The zero-order valence-corrected chi connectivity index (χ0v) is 13.5. The third kappa shape index (κ3) is 6.52. The van der Waals surface area contributed by atoms with Gasteiger partial charge >= 0.3 is 0 Å². The number of ether oxygens (including phenoxy) is 2. The van der Waals surface area contributed by atoms with E-state index in [1.165, 1.54) is 0 Å². The summed E-state index contributed by atoms with van der Waals surface area (Å²) in [4.78, 5) is 8.22. The molecule has 0 radical (unpaired) electrons. The first-order chi connectivity index (χ1) is 11.4. The van der Waals surface area contributed by atoms with E-state index in [2.05, 4.69) is 20.6 Å². The van der Waals surface area contributed by atoms with Gasteiger partial charge in [-0.2, -0.15) is 0 Å². The molecule has 1 heterocycles. The fourth-order valence-electron chi connectivity index (χ4n) is 2.05. The van der Waals surface area contributed by atoms with Crippen LogP contribution in [0.15, 0.2) is 42.7 Å². The van der Waals surface area contributed by atoms with E-state index in [1.54, 1.807) is 25.6 Å². The highest BCUT2D eigenvalue weighted by Crippen LogP contribution is 2.25. The first kappa shape index (κ1) is 17.0. The van der Waals surface area contributed by atoms with Gasteiger partial charge < -0.3 is 20.1 Å². The minimum absolute atomic E-state index is 0.670. The number of para-hydroxylation sites is 2. The molecule has 6 heteroatoms. The summed E-state index contributed by atoms with van der Waals surface area (Å²) in [6.07, 6.45) is 5.43. The molecule has 0 bridgehead atoms. The van der Waals surface area contributed by atoms with Crippen LogP contribution in [0.5, 0.6) is 11.5 Å². The molecular weight excluding hydrogens is 292 g/mol. The van der Waals surface area contributed by atoms with Gasteiger partial charge in [0.15, 0.2) is 11.5 Å². The highest BCUT2D eigenvalue weighted by Gasteiger charge is 2.01. The number of aromatic nitrogens is 2. The first-order valence-electron chi connectivity index (χ1n) is 7.87. The quantitative estimate of drug-likeness (QED) is 0.620. The normalized spacial score (nSPS) is 10.3. The van der Waals surface area contributed by atoms with E-state index < -0.39 is 0 Å². The number of hydrogen-bond donors (Lipinski definition) is 2. The fourth-order valence-corrected chi connectivity index (χ4v) is 2.05. The van der Waals surface area contributed by atoms with Gasteiger partial charge in [0.1, 0.15) is 0 Å². The molecule has 6 nitrogen and oxygen atoms in total. The molecule has 1 aromatic carbocycles. The first-order valence-corrected chi connectivity index (χ1v) is 7.87. The fraction of sp³-hybridized carbons (Fsp3) is 0.412. The molecule has 0 saturated heterocycles. The molecule has 0 fully saturated rings. The predicted octanol–water partition coefficient (Wildman–Crippen LogP) is 2.35. The lowest BCUT2D eigenvalue weighted by Crippen LogP contribution is -2.21. The molecule has 0 aliphatic rings. The Morgan fingerprint density at radius 1 is 0.913 bits per heavy atom. The molecule has 124 valence electrons. The molecule has 2 N–H and O–H groups in total. The Balaban J connectivity index is 1.47. The summed E-state index contributed by atoms with van der Waals surface area (Å²) in [7, 11) is 1.65. The van der Waals surface area contributed by atoms with Crippen molar-refractivity contribution in [1.29, 1.82) is 0 Å². The van der Waals surface area contributed by atoms with E-state index in [0.29, 0.717) is 12.6 Å². The van der Waals surface area contributed by atoms with Crippen molar-refractivity contribution in [2.24, 2.45) is 0 Å². The summed E-state index contributed by atoms with van der Waals surface area (Å²) in [6, 6.07) is 9.50. The number of nitrogens with one attached hydrogen (secondary N) is 2. The SMILES string of the molecule is COc1ccccc1OCCCNCCCNc1ncccn1. The van der Waals surface area contributed by atoms with Gasteiger partial charge in [-0.3, -0.25) is 0 Å². The van der Waals surface area contributed by atoms with Gasteiger partial charge in [0, 0.05) is 18.9 Å². The highest BCUT2D eigenvalue weighted by molar-refractivity contribution is 5.39. The van der Waals surface area contributed by atoms with E-state index in [4.69, 9.17) is 9.47 Å². The standard InChI is InChI=1S/C17H24N4O2/c1-22-15-7-2-3-8-16(15)23-14-6-10-18-9-4-11-19-17-20-12-5-13-21-17/h2-3,5,7-8,12-13,18H,4,6,9-11,14H2,1H3,(H,19,20,21). The Morgan fingerprint density at radius 3 is 2.43 bits per heavy atom. The molecule has 0 amide bonds. The Hall–Kier alpha value is -2.34. The molecule has 0 saturated carbocycles. The molecule has 2 aromatic rings. The van der Waals surface area contributed by atoms with Crippen molar-refractivity contribution in [1.82, 2.24) is 15.3 Å². The second-order valence-electron chi connectivity index (χ2n) is 4.96. The molecule has 0 atom stereocenters. The average molecular weight is 316 g/mol. The van der Waals surface area contributed by atoms with Crippen LogP contribution in [0, 0.1) is 0 Å². The maximum Gasteiger partial charge on any atom is 0.222 e. The predicted molar refractivity (Wildman–Crippen MR) is 91.1 cm³/mol. The second kappa shape index (κ2) is 10.4. The zero-order valence-electron chi connectivity index (χ0n) is 13.5. The number of benzene rings is 1. The summed E-state index contributed by atoms with van der Waals surface area (Å²) in [5, 5.41) is 6.57. The number of hydrogen-bond acceptors (Lipinski definition) is 6. The van der Waals surface area contributed by atoms with Crippen LogP contribution in [0.3, 0.4) is 0 Å². The molecule has 0 aliphatic carbocycles. The van der Waals surface area contributed by atoms with Gasteiger partial charge in [0.2, 0.25) is 5.95 Å². The van der Waals surface area contributed by atoms with Crippen LogP contribution in [-0.2, 0) is 0 Å². The minimum Gasteiger partial charge on any atom is -0.493 e. The van der Waals surface area contributed by atoms with Crippen molar-refractivity contribution in [2.45, 2.75) is 12.8 Å². The lowest BCUT2D eigenvalue weighted by atomic mass is 10.3. The number of nitrogens with zero attached hydrogens (tertiary/aromatic N) is 2. The van der Waals surface area contributed by atoms with E-state index in [1.807, 2.05) is 24.3 Å². The van der Waals surface area contributed by atoms with Crippen LogP contribution in [-0.4, -0.2) is 43.3 Å². The van der Waals surface area contributed by atoms with Crippen molar-refractivity contribution in [3.8, 4) is 11.5 Å². The molecular formula is C17H24N4O2. The number of rotatable bonds is 11. The van der Waals surface area contributed by atoms with Gasteiger partial charge in [0.25, 0.3) is 0 Å². The van der Waals surface area contributed by atoms with Gasteiger partial charge in [-0.05, 0) is 44.1 Å². The van der Waals surface area contributed by atoms with Gasteiger partial charge in [-0.25, -0.2) is 9.97 Å². The summed E-state index contributed by atoms with van der Waals surface area (Å²) in [5.74, 6) is 2.24.